The molecule has 3 aromatic rings. The third-order valence-electron chi connectivity index (χ3n) is 5.10. The maximum Gasteiger partial charge on any atom is 0.224 e. The van der Waals surface area contributed by atoms with E-state index in [2.05, 4.69) is 21.5 Å². The summed E-state index contributed by atoms with van der Waals surface area (Å²) in [4.78, 5) is 30.0. The first-order chi connectivity index (χ1) is 14.3. The third-order valence-corrected chi connectivity index (χ3v) is 5.10. The number of fused-ring (bicyclic) bond motifs is 1. The van der Waals surface area contributed by atoms with Crippen LogP contribution in [0.15, 0.2) is 30.5 Å². The lowest BCUT2D eigenvalue weighted by molar-refractivity contribution is -0.128. The van der Waals surface area contributed by atoms with Gasteiger partial charge in [-0.2, -0.15) is 10.4 Å². The highest BCUT2D eigenvalue weighted by Crippen LogP contribution is 2.19. The molecule has 30 heavy (non-hydrogen) atoms. The average molecular weight is 404 g/mol. The fraction of sp³-hybridized carbons (Fsp3) is 0.318. The molecule has 1 aromatic carbocycles. The maximum absolute atomic E-state index is 12.5. The van der Waals surface area contributed by atoms with Crippen molar-refractivity contribution in [3.05, 3.63) is 58.5 Å². The quantitative estimate of drug-likeness (QED) is 0.680. The molecule has 0 saturated carbocycles. The second-order valence-electron chi connectivity index (χ2n) is 7.29. The smallest absolute Gasteiger partial charge is 0.224 e. The van der Waals surface area contributed by atoms with E-state index in [0.717, 1.165) is 22.5 Å². The molecule has 0 unspecified atom stereocenters. The topological polar surface area (TPSA) is 103 Å². The van der Waals surface area contributed by atoms with Crippen molar-refractivity contribution in [2.24, 2.45) is 0 Å². The van der Waals surface area contributed by atoms with Crippen LogP contribution in [0, 0.1) is 25.2 Å². The van der Waals surface area contributed by atoms with Gasteiger partial charge in [0.15, 0.2) is 5.65 Å². The van der Waals surface area contributed by atoms with Gasteiger partial charge in [-0.1, -0.05) is 12.1 Å². The van der Waals surface area contributed by atoms with Crippen molar-refractivity contribution in [3.63, 3.8) is 0 Å². The molecule has 0 aliphatic rings. The van der Waals surface area contributed by atoms with E-state index in [1.54, 1.807) is 16.5 Å². The lowest BCUT2D eigenvalue weighted by atomic mass is 10.1. The monoisotopic (exact) mass is 404 g/mol. The Balaban J connectivity index is 1.68. The van der Waals surface area contributed by atoms with Gasteiger partial charge in [0.25, 0.3) is 0 Å². The number of benzene rings is 1. The molecule has 0 saturated heterocycles. The number of carbonyl (C=O) groups is 2. The Morgan fingerprint density at radius 3 is 2.77 bits per heavy atom. The van der Waals surface area contributed by atoms with Crippen LogP contribution in [0.5, 0.6) is 0 Å². The third kappa shape index (κ3) is 4.46. The molecule has 0 spiro atoms. The van der Waals surface area contributed by atoms with E-state index < -0.39 is 0 Å². The van der Waals surface area contributed by atoms with Gasteiger partial charge in [0, 0.05) is 44.0 Å². The number of nitriles is 1. The molecule has 8 heteroatoms. The Kier molecular flexibility index (Phi) is 6.11. The molecule has 0 aliphatic heterocycles. The highest BCUT2D eigenvalue weighted by molar-refractivity contribution is 5.91. The number of nitrogens with zero attached hydrogens (tertiary/aromatic N) is 5. The number of amides is 2. The van der Waals surface area contributed by atoms with Crippen LogP contribution in [-0.2, 0) is 22.6 Å². The predicted octanol–water partition coefficient (Wildman–Crippen LogP) is 2.77. The summed E-state index contributed by atoms with van der Waals surface area (Å²) in [7, 11) is 1.74. The Labute approximate surface area is 175 Å². The van der Waals surface area contributed by atoms with E-state index in [1.807, 2.05) is 38.1 Å². The SMILES string of the molecule is CC(=O)N(C)Cc1cccc(NC(=O)CCc2c(C)nc3c(C#N)cnn3c2C)c1. The van der Waals surface area contributed by atoms with Crippen LogP contribution in [0.4, 0.5) is 5.69 Å². The Hall–Kier alpha value is -3.73. The van der Waals surface area contributed by atoms with Crippen LogP contribution in [-0.4, -0.2) is 38.4 Å². The minimum atomic E-state index is -0.107. The zero-order valence-corrected chi connectivity index (χ0v) is 17.6. The van der Waals surface area contributed by atoms with Gasteiger partial charge in [-0.25, -0.2) is 9.50 Å². The first-order valence-electron chi connectivity index (χ1n) is 9.64. The molecular weight excluding hydrogens is 380 g/mol. The van der Waals surface area contributed by atoms with Crippen molar-refractivity contribution in [3.8, 4) is 6.07 Å². The molecule has 1 N–H and O–H groups in total. The summed E-state index contributed by atoms with van der Waals surface area (Å²) >= 11 is 0. The summed E-state index contributed by atoms with van der Waals surface area (Å²) in [5, 5.41) is 16.3. The molecule has 3 rings (SSSR count). The number of aromatic nitrogens is 3. The van der Waals surface area contributed by atoms with E-state index in [1.165, 1.54) is 13.1 Å². The van der Waals surface area contributed by atoms with Gasteiger partial charge in [0.2, 0.25) is 11.8 Å². The minimum Gasteiger partial charge on any atom is -0.342 e. The number of anilines is 1. The van der Waals surface area contributed by atoms with Crippen LogP contribution in [0.1, 0.15) is 41.4 Å². The molecule has 0 aliphatic carbocycles. The van der Waals surface area contributed by atoms with Crippen molar-refractivity contribution < 1.29 is 9.59 Å². The number of hydrogen-bond donors (Lipinski definition) is 1. The van der Waals surface area contributed by atoms with E-state index in [-0.39, 0.29) is 11.8 Å². The summed E-state index contributed by atoms with van der Waals surface area (Å²) in [6.45, 7) is 5.80. The van der Waals surface area contributed by atoms with Crippen LogP contribution < -0.4 is 5.32 Å². The van der Waals surface area contributed by atoms with Crippen LogP contribution in [0.3, 0.4) is 0 Å². The van der Waals surface area contributed by atoms with Gasteiger partial charge in [0.1, 0.15) is 11.6 Å². The van der Waals surface area contributed by atoms with Crippen molar-refractivity contribution in [1.82, 2.24) is 19.5 Å². The number of aryl methyl sites for hydroxylation is 2. The molecular formula is C22H24N6O2. The van der Waals surface area contributed by atoms with Gasteiger partial charge in [-0.3, -0.25) is 9.59 Å². The summed E-state index contributed by atoms with van der Waals surface area (Å²) < 4.78 is 1.65. The molecule has 2 heterocycles. The molecule has 0 atom stereocenters. The molecule has 2 aromatic heterocycles. The average Bonchev–Trinajstić information content (AvgIpc) is 3.10. The number of nitrogens with one attached hydrogen (secondary N) is 1. The fourth-order valence-electron chi connectivity index (χ4n) is 3.35. The van der Waals surface area contributed by atoms with E-state index >= 15 is 0 Å². The molecule has 0 radical (unpaired) electrons. The van der Waals surface area contributed by atoms with E-state index in [4.69, 9.17) is 0 Å². The molecule has 0 bridgehead atoms. The van der Waals surface area contributed by atoms with Gasteiger partial charge in [-0.05, 0) is 43.5 Å². The fourth-order valence-corrected chi connectivity index (χ4v) is 3.35. The summed E-state index contributed by atoms with van der Waals surface area (Å²) in [5.74, 6) is -0.121. The predicted molar refractivity (Wildman–Crippen MR) is 113 cm³/mol. The first-order valence-corrected chi connectivity index (χ1v) is 9.64. The molecule has 0 fully saturated rings. The van der Waals surface area contributed by atoms with Crippen LogP contribution in [0.25, 0.3) is 5.65 Å². The molecule has 2 amide bonds. The zero-order chi connectivity index (χ0) is 21.8. The largest absolute Gasteiger partial charge is 0.342 e. The minimum absolute atomic E-state index is 0.0140. The maximum atomic E-state index is 12.5. The Morgan fingerprint density at radius 2 is 2.07 bits per heavy atom. The lowest BCUT2D eigenvalue weighted by Crippen LogP contribution is -2.23. The number of rotatable bonds is 6. The van der Waals surface area contributed by atoms with Gasteiger partial charge < -0.3 is 10.2 Å². The highest BCUT2D eigenvalue weighted by atomic mass is 16.2. The second kappa shape index (κ2) is 8.74. The molecule has 8 nitrogen and oxygen atoms in total. The normalized spacial score (nSPS) is 10.6. The van der Waals surface area contributed by atoms with Crippen molar-refractivity contribution in [2.45, 2.75) is 40.2 Å². The Bertz CT molecular complexity index is 1160. The summed E-state index contributed by atoms with van der Waals surface area (Å²) in [5.41, 5.74) is 5.22. The van der Waals surface area contributed by atoms with Crippen molar-refractivity contribution >= 4 is 23.1 Å². The lowest BCUT2D eigenvalue weighted by Gasteiger charge is -2.15. The summed E-state index contributed by atoms with van der Waals surface area (Å²) in [6.07, 6.45) is 2.31. The highest BCUT2D eigenvalue weighted by Gasteiger charge is 2.15. The number of hydrogen-bond acceptors (Lipinski definition) is 5. The second-order valence-corrected chi connectivity index (χ2v) is 7.29. The first kappa shape index (κ1) is 21.0. The Morgan fingerprint density at radius 1 is 1.30 bits per heavy atom. The van der Waals surface area contributed by atoms with E-state index in [9.17, 15) is 14.9 Å². The zero-order valence-electron chi connectivity index (χ0n) is 17.6. The van der Waals surface area contributed by atoms with Crippen molar-refractivity contribution in [1.29, 1.82) is 5.26 Å². The van der Waals surface area contributed by atoms with Crippen LogP contribution >= 0.6 is 0 Å². The van der Waals surface area contributed by atoms with Crippen molar-refractivity contribution in [2.75, 3.05) is 12.4 Å². The number of carbonyl (C=O) groups excluding carboxylic acids is 2. The van der Waals surface area contributed by atoms with Crippen LogP contribution in [0.2, 0.25) is 0 Å². The van der Waals surface area contributed by atoms with E-state index in [0.29, 0.717) is 36.3 Å². The standard InChI is InChI=1S/C22H24N6O2/c1-14-20(15(2)28-22(25-14)18(11-23)12-24-28)8-9-21(30)26-19-7-5-6-17(10-19)13-27(4)16(3)29/h5-7,10,12H,8-9,13H2,1-4H3,(H,26,30). The van der Waals surface area contributed by atoms with Gasteiger partial charge >= 0.3 is 0 Å². The van der Waals surface area contributed by atoms with Gasteiger partial charge in [-0.15, -0.1) is 0 Å². The van der Waals surface area contributed by atoms with Gasteiger partial charge in [0.05, 0.1) is 6.20 Å². The summed E-state index contributed by atoms with van der Waals surface area (Å²) in [6, 6.07) is 9.56. The molecule has 154 valence electrons.